The summed E-state index contributed by atoms with van der Waals surface area (Å²) in [6.45, 7) is 4.55. The molecule has 2 aromatic heterocycles. The Balaban J connectivity index is 1.44. The summed E-state index contributed by atoms with van der Waals surface area (Å²) in [5, 5.41) is 0. The molecule has 0 radical (unpaired) electrons. The summed E-state index contributed by atoms with van der Waals surface area (Å²) in [6.07, 6.45) is 23.1. The van der Waals surface area contributed by atoms with Gasteiger partial charge in [-0.05, 0) is 36.8 Å². The molecule has 0 aliphatic carbocycles. The van der Waals surface area contributed by atoms with Crippen molar-refractivity contribution in [1.82, 2.24) is 9.38 Å². The van der Waals surface area contributed by atoms with Gasteiger partial charge < -0.3 is 0 Å². The van der Waals surface area contributed by atoms with Crippen LogP contribution in [0, 0.1) is 0 Å². The minimum atomic E-state index is 1.11. The van der Waals surface area contributed by atoms with Crippen molar-refractivity contribution in [2.75, 3.05) is 0 Å². The summed E-state index contributed by atoms with van der Waals surface area (Å²) in [5.74, 6) is 0. The number of hydrogen-bond acceptors (Lipinski definition) is 2. The topological polar surface area (TPSA) is 17.3 Å². The SMILES string of the molecule is CCCCCCCCCc1ccc(-c2cn3cc(CCCCCCC)nc3s2)cc1. The largest absolute Gasteiger partial charge is 0.297 e. The summed E-state index contributed by atoms with van der Waals surface area (Å²) in [5.41, 5.74) is 4.03. The van der Waals surface area contributed by atoms with Crippen LogP contribution in [0.5, 0.6) is 0 Å². The van der Waals surface area contributed by atoms with E-state index >= 15 is 0 Å². The highest BCUT2D eigenvalue weighted by Crippen LogP contribution is 2.29. The van der Waals surface area contributed by atoms with E-state index in [1.54, 1.807) is 0 Å². The maximum atomic E-state index is 4.85. The van der Waals surface area contributed by atoms with Crippen molar-refractivity contribution in [3.05, 3.63) is 47.9 Å². The van der Waals surface area contributed by atoms with E-state index in [0.29, 0.717) is 0 Å². The van der Waals surface area contributed by atoms with E-state index in [1.165, 1.54) is 105 Å². The molecular formula is C27H40N2S. The van der Waals surface area contributed by atoms with Crippen LogP contribution in [-0.2, 0) is 12.8 Å². The molecule has 0 unspecified atom stereocenters. The molecule has 2 heterocycles. The normalized spacial score (nSPS) is 11.5. The molecule has 3 heteroatoms. The number of fused-ring (bicyclic) bond motifs is 1. The van der Waals surface area contributed by atoms with E-state index in [-0.39, 0.29) is 0 Å². The molecule has 0 bridgehead atoms. The van der Waals surface area contributed by atoms with Gasteiger partial charge in [-0.3, -0.25) is 4.40 Å². The number of unbranched alkanes of at least 4 members (excludes halogenated alkanes) is 10. The van der Waals surface area contributed by atoms with E-state index in [9.17, 15) is 0 Å². The molecule has 30 heavy (non-hydrogen) atoms. The monoisotopic (exact) mass is 424 g/mol. The Kier molecular flexibility index (Phi) is 9.95. The molecule has 0 aliphatic rings. The van der Waals surface area contributed by atoms with Crippen LogP contribution in [0.3, 0.4) is 0 Å². The number of imidazole rings is 1. The molecule has 164 valence electrons. The predicted octanol–water partition coefficient (Wildman–Crippen LogP) is 8.87. The summed E-state index contributed by atoms with van der Waals surface area (Å²) in [4.78, 5) is 7.29. The lowest BCUT2D eigenvalue weighted by Gasteiger charge is -2.04. The van der Waals surface area contributed by atoms with Crippen LogP contribution in [0.15, 0.2) is 36.7 Å². The molecule has 3 rings (SSSR count). The first-order valence-electron chi connectivity index (χ1n) is 12.4. The lowest BCUT2D eigenvalue weighted by molar-refractivity contribution is 0.589. The van der Waals surface area contributed by atoms with Gasteiger partial charge in [0.25, 0.3) is 0 Å². The van der Waals surface area contributed by atoms with Crippen LogP contribution in [-0.4, -0.2) is 9.38 Å². The molecule has 0 fully saturated rings. The van der Waals surface area contributed by atoms with Gasteiger partial charge in [-0.1, -0.05) is 114 Å². The van der Waals surface area contributed by atoms with Crippen molar-refractivity contribution in [3.8, 4) is 10.4 Å². The molecule has 0 atom stereocenters. The second-order valence-electron chi connectivity index (χ2n) is 8.75. The highest BCUT2D eigenvalue weighted by Gasteiger charge is 2.08. The fourth-order valence-electron chi connectivity index (χ4n) is 4.13. The highest BCUT2D eigenvalue weighted by atomic mass is 32.1. The minimum absolute atomic E-state index is 1.11. The zero-order valence-corrected chi connectivity index (χ0v) is 20.0. The van der Waals surface area contributed by atoms with Gasteiger partial charge in [0.05, 0.1) is 10.6 Å². The van der Waals surface area contributed by atoms with Gasteiger partial charge in [0, 0.05) is 12.4 Å². The van der Waals surface area contributed by atoms with Crippen molar-refractivity contribution in [1.29, 1.82) is 0 Å². The lowest BCUT2D eigenvalue weighted by atomic mass is 10.0. The third-order valence-corrected chi connectivity index (χ3v) is 7.10. The van der Waals surface area contributed by atoms with Gasteiger partial charge in [0.15, 0.2) is 4.96 Å². The zero-order chi connectivity index (χ0) is 21.0. The lowest BCUT2D eigenvalue weighted by Crippen LogP contribution is -1.87. The zero-order valence-electron chi connectivity index (χ0n) is 19.2. The Morgan fingerprint density at radius 2 is 1.30 bits per heavy atom. The first-order valence-corrected chi connectivity index (χ1v) is 13.2. The molecule has 0 amide bonds. The van der Waals surface area contributed by atoms with Crippen molar-refractivity contribution >= 4 is 16.3 Å². The summed E-state index contributed by atoms with van der Waals surface area (Å²) >= 11 is 1.81. The Labute approximate surface area is 187 Å². The smallest absolute Gasteiger partial charge is 0.194 e. The second kappa shape index (κ2) is 12.9. The van der Waals surface area contributed by atoms with E-state index in [4.69, 9.17) is 4.98 Å². The summed E-state index contributed by atoms with van der Waals surface area (Å²) < 4.78 is 2.22. The number of aromatic nitrogens is 2. The van der Waals surface area contributed by atoms with Gasteiger partial charge in [-0.25, -0.2) is 4.98 Å². The number of rotatable bonds is 15. The van der Waals surface area contributed by atoms with Crippen LogP contribution in [0.1, 0.15) is 102 Å². The molecule has 2 nitrogen and oxygen atoms in total. The number of aryl methyl sites for hydroxylation is 2. The van der Waals surface area contributed by atoms with Crippen molar-refractivity contribution in [2.45, 2.75) is 104 Å². The summed E-state index contributed by atoms with van der Waals surface area (Å²) in [6, 6.07) is 9.21. The maximum Gasteiger partial charge on any atom is 0.194 e. The second-order valence-corrected chi connectivity index (χ2v) is 9.76. The molecular weight excluding hydrogens is 384 g/mol. The average Bonchev–Trinajstić information content (AvgIpc) is 3.32. The Bertz CT molecular complexity index is 812. The number of benzene rings is 1. The van der Waals surface area contributed by atoms with Crippen LogP contribution in [0.25, 0.3) is 15.4 Å². The number of thiazole rings is 1. The standard InChI is InChI=1S/C27H40N2S/c1-3-5-7-9-10-12-13-15-23-17-19-24(20-18-23)26-22-29-21-25(28-27(29)30-26)16-14-11-8-6-4-2/h17-22H,3-16H2,1-2H3. The van der Waals surface area contributed by atoms with Crippen molar-refractivity contribution in [3.63, 3.8) is 0 Å². The molecule has 0 spiro atoms. The minimum Gasteiger partial charge on any atom is -0.297 e. The third-order valence-electron chi connectivity index (χ3n) is 6.05. The van der Waals surface area contributed by atoms with Crippen molar-refractivity contribution in [2.24, 2.45) is 0 Å². The van der Waals surface area contributed by atoms with Gasteiger partial charge >= 0.3 is 0 Å². The molecule has 0 saturated heterocycles. The number of nitrogens with zero attached hydrogens (tertiary/aromatic N) is 2. The molecule has 1 aromatic carbocycles. The fourth-order valence-corrected chi connectivity index (χ4v) is 5.12. The van der Waals surface area contributed by atoms with E-state index in [2.05, 4.69) is 54.9 Å². The number of hydrogen-bond donors (Lipinski definition) is 0. The predicted molar refractivity (Wildman–Crippen MR) is 133 cm³/mol. The van der Waals surface area contributed by atoms with E-state index in [1.807, 2.05) is 11.3 Å². The van der Waals surface area contributed by atoms with Gasteiger partial charge in [-0.2, -0.15) is 0 Å². The van der Waals surface area contributed by atoms with Crippen LogP contribution >= 0.6 is 11.3 Å². The fraction of sp³-hybridized carbons (Fsp3) is 0.593. The Hall–Kier alpha value is -1.61. The van der Waals surface area contributed by atoms with E-state index in [0.717, 1.165) is 11.4 Å². The molecule has 0 aliphatic heterocycles. The van der Waals surface area contributed by atoms with Gasteiger partial charge in [-0.15, -0.1) is 0 Å². The first kappa shape index (κ1) is 23.1. The Morgan fingerprint density at radius 1 is 0.700 bits per heavy atom. The third kappa shape index (κ3) is 7.27. The highest BCUT2D eigenvalue weighted by molar-refractivity contribution is 7.20. The summed E-state index contributed by atoms with van der Waals surface area (Å²) in [7, 11) is 0. The Morgan fingerprint density at radius 3 is 1.93 bits per heavy atom. The van der Waals surface area contributed by atoms with Crippen LogP contribution in [0.2, 0.25) is 0 Å². The van der Waals surface area contributed by atoms with Crippen LogP contribution in [0.4, 0.5) is 0 Å². The molecule has 0 N–H and O–H groups in total. The van der Waals surface area contributed by atoms with Gasteiger partial charge in [0.1, 0.15) is 0 Å². The van der Waals surface area contributed by atoms with Crippen molar-refractivity contribution < 1.29 is 0 Å². The van der Waals surface area contributed by atoms with Crippen LogP contribution < -0.4 is 0 Å². The first-order chi connectivity index (χ1) is 14.8. The molecule has 0 saturated carbocycles. The quantitative estimate of drug-likeness (QED) is 0.223. The van der Waals surface area contributed by atoms with Gasteiger partial charge in [0.2, 0.25) is 0 Å². The average molecular weight is 425 g/mol. The molecule has 3 aromatic rings. The maximum absolute atomic E-state index is 4.85. The van der Waals surface area contributed by atoms with E-state index < -0.39 is 0 Å².